The average molecular weight is 212 g/mol. The molecule has 3 rings (SSSR count). The highest BCUT2D eigenvalue weighted by Gasteiger charge is 2.24. The summed E-state index contributed by atoms with van der Waals surface area (Å²) in [5.41, 5.74) is 3.73. The number of benzene rings is 1. The van der Waals surface area contributed by atoms with Crippen molar-refractivity contribution >= 4 is 28.7 Å². The molecule has 0 atom stereocenters. The first-order valence-corrected chi connectivity index (χ1v) is 4.92. The van der Waals surface area contributed by atoms with Gasteiger partial charge in [-0.1, -0.05) is 18.2 Å². The zero-order chi connectivity index (χ0) is 11.1. The van der Waals surface area contributed by atoms with E-state index in [0.29, 0.717) is 6.54 Å². The molecule has 0 amide bonds. The van der Waals surface area contributed by atoms with E-state index in [1.807, 2.05) is 24.3 Å². The van der Waals surface area contributed by atoms with Crippen LogP contribution in [-0.2, 0) is 4.79 Å². The van der Waals surface area contributed by atoms with Crippen molar-refractivity contribution in [2.75, 3.05) is 6.54 Å². The van der Waals surface area contributed by atoms with Gasteiger partial charge in [0, 0.05) is 11.1 Å². The SMILES string of the molecule is O=C(O)C1=NCC2=Nc3ccccc3C2=C1. The topological polar surface area (TPSA) is 62.0 Å². The van der Waals surface area contributed by atoms with Crippen LogP contribution < -0.4 is 0 Å². The zero-order valence-electron chi connectivity index (χ0n) is 8.34. The van der Waals surface area contributed by atoms with Crippen molar-refractivity contribution in [3.63, 3.8) is 0 Å². The van der Waals surface area contributed by atoms with E-state index in [-0.39, 0.29) is 5.71 Å². The van der Waals surface area contributed by atoms with E-state index in [2.05, 4.69) is 9.98 Å². The van der Waals surface area contributed by atoms with Gasteiger partial charge in [-0.2, -0.15) is 0 Å². The Bertz CT molecular complexity index is 582. The van der Waals surface area contributed by atoms with Crippen LogP contribution in [-0.4, -0.2) is 29.0 Å². The Labute approximate surface area is 91.7 Å². The molecule has 16 heavy (non-hydrogen) atoms. The van der Waals surface area contributed by atoms with Gasteiger partial charge in [0.15, 0.2) is 0 Å². The summed E-state index contributed by atoms with van der Waals surface area (Å²) in [7, 11) is 0. The molecule has 0 unspecified atom stereocenters. The summed E-state index contributed by atoms with van der Waals surface area (Å²) in [5.74, 6) is -0.990. The van der Waals surface area contributed by atoms with Crippen LogP contribution in [0.1, 0.15) is 5.56 Å². The number of aliphatic imine (C=N–C) groups is 2. The van der Waals surface area contributed by atoms with Gasteiger partial charge >= 0.3 is 5.97 Å². The molecule has 2 aliphatic heterocycles. The van der Waals surface area contributed by atoms with Crippen molar-refractivity contribution in [3.05, 3.63) is 35.9 Å². The largest absolute Gasteiger partial charge is 0.477 e. The first-order chi connectivity index (χ1) is 7.75. The Morgan fingerprint density at radius 2 is 2.12 bits per heavy atom. The fourth-order valence-corrected chi connectivity index (χ4v) is 1.91. The third kappa shape index (κ3) is 1.20. The van der Waals surface area contributed by atoms with E-state index >= 15 is 0 Å². The number of dihydropyridines is 1. The van der Waals surface area contributed by atoms with Gasteiger partial charge in [0.05, 0.1) is 17.9 Å². The third-order valence-electron chi connectivity index (χ3n) is 2.66. The van der Waals surface area contributed by atoms with Gasteiger partial charge in [-0.3, -0.25) is 9.98 Å². The zero-order valence-corrected chi connectivity index (χ0v) is 8.34. The summed E-state index contributed by atoms with van der Waals surface area (Å²) < 4.78 is 0. The maximum Gasteiger partial charge on any atom is 0.354 e. The Morgan fingerprint density at radius 3 is 2.94 bits per heavy atom. The highest BCUT2D eigenvalue weighted by Crippen LogP contribution is 2.35. The molecule has 4 nitrogen and oxygen atoms in total. The first kappa shape index (κ1) is 9.03. The molecule has 2 aliphatic rings. The number of para-hydroxylation sites is 1. The molecule has 2 heterocycles. The van der Waals surface area contributed by atoms with Gasteiger partial charge in [0.25, 0.3) is 0 Å². The molecule has 0 aliphatic carbocycles. The average Bonchev–Trinajstić information content (AvgIpc) is 2.66. The predicted molar refractivity (Wildman–Crippen MR) is 61.5 cm³/mol. The molecule has 0 saturated carbocycles. The number of carboxylic acids is 1. The van der Waals surface area contributed by atoms with E-state index in [0.717, 1.165) is 22.5 Å². The lowest BCUT2D eigenvalue weighted by molar-refractivity contribution is -0.129. The van der Waals surface area contributed by atoms with E-state index in [1.165, 1.54) is 0 Å². The molecular weight excluding hydrogens is 204 g/mol. The molecule has 1 N–H and O–H groups in total. The van der Waals surface area contributed by atoms with E-state index in [9.17, 15) is 4.79 Å². The van der Waals surface area contributed by atoms with Crippen molar-refractivity contribution in [1.82, 2.24) is 0 Å². The molecular formula is C12H8N2O2. The molecule has 0 fully saturated rings. The maximum atomic E-state index is 10.8. The van der Waals surface area contributed by atoms with Crippen molar-refractivity contribution in [3.8, 4) is 0 Å². The lowest BCUT2D eigenvalue weighted by atomic mass is 9.99. The summed E-state index contributed by atoms with van der Waals surface area (Å²) in [5, 5.41) is 8.89. The number of carbonyl (C=O) groups is 1. The number of rotatable bonds is 1. The Morgan fingerprint density at radius 1 is 1.31 bits per heavy atom. The first-order valence-electron chi connectivity index (χ1n) is 4.92. The van der Waals surface area contributed by atoms with Crippen LogP contribution in [0.2, 0.25) is 0 Å². The molecule has 0 saturated heterocycles. The minimum Gasteiger partial charge on any atom is -0.477 e. The van der Waals surface area contributed by atoms with Gasteiger partial charge in [-0.05, 0) is 12.1 Å². The van der Waals surface area contributed by atoms with Gasteiger partial charge in [-0.25, -0.2) is 4.79 Å². The van der Waals surface area contributed by atoms with Gasteiger partial charge in [0.2, 0.25) is 0 Å². The normalized spacial score (nSPS) is 16.9. The summed E-state index contributed by atoms with van der Waals surface area (Å²) in [6, 6.07) is 7.70. The van der Waals surface area contributed by atoms with Crippen LogP contribution >= 0.6 is 0 Å². The van der Waals surface area contributed by atoms with Gasteiger partial charge in [-0.15, -0.1) is 0 Å². The number of fused-ring (bicyclic) bond motifs is 3. The number of hydrogen-bond donors (Lipinski definition) is 1. The van der Waals surface area contributed by atoms with Crippen molar-refractivity contribution in [2.45, 2.75) is 0 Å². The highest BCUT2D eigenvalue weighted by atomic mass is 16.4. The van der Waals surface area contributed by atoms with Crippen LogP contribution in [0, 0.1) is 0 Å². The standard InChI is InChI=1S/C12H8N2O2/c15-12(16)10-5-8-7-3-1-2-4-9(7)14-11(8)6-13-10/h1-5H,6H2,(H,15,16). The van der Waals surface area contributed by atoms with Crippen molar-refractivity contribution in [1.29, 1.82) is 0 Å². The number of hydrogen-bond acceptors (Lipinski definition) is 3. The molecule has 0 spiro atoms. The van der Waals surface area contributed by atoms with Crippen LogP contribution in [0.25, 0.3) is 5.57 Å². The quantitative estimate of drug-likeness (QED) is 0.770. The minimum absolute atomic E-state index is 0.102. The van der Waals surface area contributed by atoms with E-state index in [1.54, 1.807) is 6.08 Å². The van der Waals surface area contributed by atoms with Crippen LogP contribution in [0.5, 0.6) is 0 Å². The Kier molecular flexibility index (Phi) is 1.77. The Hall–Kier alpha value is -2.23. The second-order valence-corrected chi connectivity index (χ2v) is 3.64. The lowest BCUT2D eigenvalue weighted by Gasteiger charge is -2.08. The van der Waals surface area contributed by atoms with Crippen molar-refractivity contribution in [2.24, 2.45) is 9.98 Å². The predicted octanol–water partition coefficient (Wildman–Crippen LogP) is 1.70. The monoisotopic (exact) mass is 212 g/mol. The smallest absolute Gasteiger partial charge is 0.354 e. The fourth-order valence-electron chi connectivity index (χ4n) is 1.91. The van der Waals surface area contributed by atoms with Gasteiger partial charge in [0.1, 0.15) is 5.71 Å². The molecule has 0 radical (unpaired) electrons. The number of aliphatic carboxylic acids is 1. The van der Waals surface area contributed by atoms with Crippen LogP contribution in [0.4, 0.5) is 5.69 Å². The molecule has 0 bridgehead atoms. The van der Waals surface area contributed by atoms with E-state index in [4.69, 9.17) is 5.11 Å². The molecule has 4 heteroatoms. The summed E-state index contributed by atoms with van der Waals surface area (Å²) >= 11 is 0. The fraction of sp³-hybridized carbons (Fsp3) is 0.0833. The second kappa shape index (κ2) is 3.13. The third-order valence-corrected chi connectivity index (χ3v) is 2.66. The molecule has 0 aromatic heterocycles. The van der Waals surface area contributed by atoms with E-state index < -0.39 is 5.97 Å². The number of carboxylic acid groups (broad SMARTS) is 1. The maximum absolute atomic E-state index is 10.8. The van der Waals surface area contributed by atoms with Gasteiger partial charge < -0.3 is 5.11 Å². The Balaban J connectivity index is 2.14. The highest BCUT2D eigenvalue weighted by molar-refractivity contribution is 6.47. The lowest BCUT2D eigenvalue weighted by Crippen LogP contribution is -2.18. The molecule has 1 aromatic rings. The molecule has 78 valence electrons. The molecule has 1 aromatic carbocycles. The minimum atomic E-state index is -0.990. The number of nitrogens with zero attached hydrogens (tertiary/aromatic N) is 2. The van der Waals surface area contributed by atoms with Crippen LogP contribution in [0.15, 0.2) is 40.3 Å². The second-order valence-electron chi connectivity index (χ2n) is 3.64. The van der Waals surface area contributed by atoms with Crippen molar-refractivity contribution < 1.29 is 9.90 Å². The summed E-state index contributed by atoms with van der Waals surface area (Å²) in [4.78, 5) is 19.2. The van der Waals surface area contributed by atoms with Crippen LogP contribution in [0.3, 0.4) is 0 Å². The summed E-state index contributed by atoms with van der Waals surface area (Å²) in [6.07, 6.45) is 1.59. The summed E-state index contributed by atoms with van der Waals surface area (Å²) in [6.45, 7) is 0.349.